The Kier molecular flexibility index (Phi) is 6.14. The lowest BCUT2D eigenvalue weighted by Gasteiger charge is -2.62. The molecule has 0 spiro atoms. The fraction of sp³-hybridized carbons (Fsp3) is 0.871. The highest BCUT2D eigenvalue weighted by Crippen LogP contribution is 2.72. The molecule has 4 rings (SSSR count). The second kappa shape index (κ2) is 8.00. The van der Waals surface area contributed by atoms with Gasteiger partial charge < -0.3 is 5.11 Å². The molecule has 0 unspecified atom stereocenters. The molecule has 32 heavy (non-hydrogen) atoms. The first-order chi connectivity index (χ1) is 14.8. The summed E-state index contributed by atoms with van der Waals surface area (Å²) in [6.07, 6.45) is 12.6. The van der Waals surface area contributed by atoms with Gasteiger partial charge in [0.25, 0.3) is 0 Å². The van der Waals surface area contributed by atoms with Crippen LogP contribution in [0, 0.1) is 45.3 Å². The second-order valence-corrected chi connectivity index (χ2v) is 14.1. The number of fused-ring (bicyclic) bond motifs is 4. The Balaban J connectivity index is 1.62. The average Bonchev–Trinajstić information content (AvgIpc) is 3.00. The zero-order valence-corrected chi connectivity index (χ0v) is 22.6. The Morgan fingerprint density at radius 3 is 2.28 bits per heavy atom. The fourth-order valence-corrected chi connectivity index (χ4v) is 9.53. The smallest absolute Gasteiger partial charge is 0.0594 e. The van der Waals surface area contributed by atoms with E-state index >= 15 is 0 Å². The van der Waals surface area contributed by atoms with Crippen LogP contribution in [0.1, 0.15) is 120 Å². The standard InChI is InChI=1S/C31H52O/c1-20(2)21(3)10-11-22(4)23-14-18-31(9)25-12-13-26-28(5,6)27(32)16-17-29(26,7)24(25)15-19-30(23,31)8/h20,22-23,26-27,32H,3,10-19H2,1-2,4-9H3/t22-,23-,26-,27-,29+,30-,31+/m0/s1. The molecular weight excluding hydrogens is 388 g/mol. The van der Waals surface area contributed by atoms with E-state index in [1.165, 1.54) is 63.4 Å². The number of aliphatic hydroxyl groups excluding tert-OH is 1. The van der Waals surface area contributed by atoms with Gasteiger partial charge in [-0.15, -0.1) is 0 Å². The van der Waals surface area contributed by atoms with Gasteiger partial charge in [-0.2, -0.15) is 0 Å². The molecular formula is C31H52O. The molecule has 1 heteroatoms. The third-order valence-corrected chi connectivity index (χ3v) is 12.2. The maximum atomic E-state index is 10.8. The fourth-order valence-electron chi connectivity index (χ4n) is 9.53. The van der Waals surface area contributed by atoms with Gasteiger partial charge in [0.05, 0.1) is 6.10 Å². The Morgan fingerprint density at radius 2 is 1.62 bits per heavy atom. The lowest BCUT2D eigenvalue weighted by molar-refractivity contribution is -0.0962. The van der Waals surface area contributed by atoms with Gasteiger partial charge in [0.2, 0.25) is 0 Å². The van der Waals surface area contributed by atoms with Gasteiger partial charge in [0.15, 0.2) is 0 Å². The van der Waals surface area contributed by atoms with Crippen molar-refractivity contribution in [3.63, 3.8) is 0 Å². The van der Waals surface area contributed by atoms with Crippen LogP contribution in [0.5, 0.6) is 0 Å². The van der Waals surface area contributed by atoms with E-state index in [-0.39, 0.29) is 11.5 Å². The summed E-state index contributed by atoms with van der Waals surface area (Å²) in [4.78, 5) is 0. The molecule has 0 bridgehead atoms. The van der Waals surface area contributed by atoms with Gasteiger partial charge in [-0.05, 0) is 110 Å². The lowest BCUT2D eigenvalue weighted by atomic mass is 9.43. The normalized spacial score (nSPS) is 44.1. The molecule has 1 N–H and O–H groups in total. The molecule has 1 nitrogen and oxygen atoms in total. The summed E-state index contributed by atoms with van der Waals surface area (Å²) in [7, 11) is 0. The van der Waals surface area contributed by atoms with Crippen molar-refractivity contribution in [2.24, 2.45) is 45.3 Å². The molecule has 0 amide bonds. The zero-order chi connectivity index (χ0) is 23.7. The maximum Gasteiger partial charge on any atom is 0.0594 e. The van der Waals surface area contributed by atoms with Gasteiger partial charge in [0, 0.05) is 0 Å². The SMILES string of the molecule is C=C(CC[C@H](C)[C@@H]1CC[C@]2(C)C3=C(CC[C@@]12C)[C@@]1(C)CC[C@H](O)C(C)(C)[C@@H]1CC3)C(C)C. The Hall–Kier alpha value is -0.560. The van der Waals surface area contributed by atoms with Crippen molar-refractivity contribution in [2.75, 3.05) is 0 Å². The molecule has 0 aromatic rings. The first-order valence-corrected chi connectivity index (χ1v) is 13.9. The Bertz CT molecular complexity index is 786. The van der Waals surface area contributed by atoms with Crippen LogP contribution in [0.2, 0.25) is 0 Å². The van der Waals surface area contributed by atoms with Crippen molar-refractivity contribution in [3.05, 3.63) is 23.3 Å². The van der Waals surface area contributed by atoms with Crippen molar-refractivity contribution in [1.82, 2.24) is 0 Å². The third kappa shape index (κ3) is 3.34. The summed E-state index contributed by atoms with van der Waals surface area (Å²) in [6.45, 7) is 24.1. The number of rotatable bonds is 5. The highest BCUT2D eigenvalue weighted by molar-refractivity contribution is 5.38. The molecule has 4 aliphatic rings. The first kappa shape index (κ1) is 24.6. The van der Waals surface area contributed by atoms with Crippen molar-refractivity contribution in [1.29, 1.82) is 0 Å². The van der Waals surface area contributed by atoms with Gasteiger partial charge in [-0.3, -0.25) is 0 Å². The van der Waals surface area contributed by atoms with E-state index in [4.69, 9.17) is 0 Å². The predicted octanol–water partition coefficient (Wildman–Crippen LogP) is 8.73. The molecule has 0 saturated heterocycles. The first-order valence-electron chi connectivity index (χ1n) is 13.9. The summed E-state index contributed by atoms with van der Waals surface area (Å²) in [5, 5.41) is 10.8. The number of hydrogen-bond donors (Lipinski definition) is 1. The summed E-state index contributed by atoms with van der Waals surface area (Å²) < 4.78 is 0. The summed E-state index contributed by atoms with van der Waals surface area (Å²) in [6, 6.07) is 0. The van der Waals surface area contributed by atoms with E-state index in [0.717, 1.165) is 18.3 Å². The van der Waals surface area contributed by atoms with Crippen LogP contribution in [0.15, 0.2) is 23.3 Å². The average molecular weight is 441 g/mol. The molecule has 4 aliphatic carbocycles. The van der Waals surface area contributed by atoms with E-state index in [1.807, 2.05) is 11.1 Å². The van der Waals surface area contributed by atoms with Crippen molar-refractivity contribution < 1.29 is 5.11 Å². The zero-order valence-electron chi connectivity index (χ0n) is 22.6. The van der Waals surface area contributed by atoms with E-state index < -0.39 is 0 Å². The van der Waals surface area contributed by atoms with Crippen LogP contribution in [0.25, 0.3) is 0 Å². The second-order valence-electron chi connectivity index (χ2n) is 14.1. The van der Waals surface area contributed by atoms with E-state index in [0.29, 0.717) is 28.1 Å². The van der Waals surface area contributed by atoms with E-state index in [1.54, 1.807) is 0 Å². The number of hydrogen-bond acceptors (Lipinski definition) is 1. The molecule has 0 aromatic carbocycles. The van der Waals surface area contributed by atoms with Crippen LogP contribution in [0.3, 0.4) is 0 Å². The summed E-state index contributed by atoms with van der Waals surface area (Å²) in [5.41, 5.74) is 6.32. The van der Waals surface area contributed by atoms with Crippen LogP contribution in [0.4, 0.5) is 0 Å². The predicted molar refractivity (Wildman–Crippen MR) is 137 cm³/mol. The largest absolute Gasteiger partial charge is 0.393 e. The molecule has 182 valence electrons. The minimum atomic E-state index is -0.135. The lowest BCUT2D eigenvalue weighted by Crippen LogP contribution is -2.55. The van der Waals surface area contributed by atoms with Crippen LogP contribution >= 0.6 is 0 Å². The molecule has 2 fully saturated rings. The van der Waals surface area contributed by atoms with Gasteiger partial charge >= 0.3 is 0 Å². The molecule has 0 aromatic heterocycles. The van der Waals surface area contributed by atoms with Gasteiger partial charge in [-0.1, -0.05) is 78.7 Å². The monoisotopic (exact) mass is 440 g/mol. The van der Waals surface area contributed by atoms with Crippen molar-refractivity contribution >= 4 is 0 Å². The topological polar surface area (TPSA) is 20.2 Å². The molecule has 0 aliphatic heterocycles. The minimum absolute atomic E-state index is 0.0404. The Labute approximate surface area is 199 Å². The minimum Gasteiger partial charge on any atom is -0.393 e. The Morgan fingerprint density at radius 1 is 0.938 bits per heavy atom. The van der Waals surface area contributed by atoms with Crippen LogP contribution < -0.4 is 0 Å². The van der Waals surface area contributed by atoms with Gasteiger partial charge in [0.1, 0.15) is 0 Å². The van der Waals surface area contributed by atoms with Gasteiger partial charge in [-0.25, -0.2) is 0 Å². The van der Waals surface area contributed by atoms with Crippen molar-refractivity contribution in [2.45, 2.75) is 126 Å². The van der Waals surface area contributed by atoms with Crippen LogP contribution in [-0.4, -0.2) is 11.2 Å². The van der Waals surface area contributed by atoms with E-state index in [9.17, 15) is 5.11 Å². The summed E-state index contributed by atoms with van der Waals surface area (Å²) in [5.74, 6) is 2.87. The quantitative estimate of drug-likeness (QED) is 0.424. The molecule has 7 atom stereocenters. The molecule has 2 saturated carbocycles. The highest BCUT2D eigenvalue weighted by atomic mass is 16.3. The summed E-state index contributed by atoms with van der Waals surface area (Å²) >= 11 is 0. The number of aliphatic hydroxyl groups is 1. The maximum absolute atomic E-state index is 10.8. The van der Waals surface area contributed by atoms with Crippen molar-refractivity contribution in [3.8, 4) is 0 Å². The van der Waals surface area contributed by atoms with Crippen LogP contribution in [-0.2, 0) is 0 Å². The highest BCUT2D eigenvalue weighted by Gasteiger charge is 2.63. The number of allylic oxidation sites excluding steroid dienone is 3. The molecule has 0 radical (unpaired) electrons. The molecule has 0 heterocycles. The van der Waals surface area contributed by atoms with E-state index in [2.05, 4.69) is 62.0 Å². The third-order valence-electron chi connectivity index (χ3n) is 12.2.